The Kier molecular flexibility index (Phi) is 8.66. The standard InChI is InChI=1S/C24H19ClF8N2O2/c25-16-6-7-19(34-12-16)22(11-14-4-2-1-3-5-14,35-13-20(36)23(29,30)31)15-8-17(26)10-18(9-15)37-24(32,33)21(27)28/h1-10,12,20-21,35-36H,11,13H2. The summed E-state index contributed by atoms with van der Waals surface area (Å²) in [4.78, 5) is 4.14. The van der Waals surface area contributed by atoms with Crippen LogP contribution in [-0.4, -0.2) is 41.4 Å². The number of ether oxygens (including phenoxy) is 1. The summed E-state index contributed by atoms with van der Waals surface area (Å²) in [5.74, 6) is -2.22. The van der Waals surface area contributed by atoms with Gasteiger partial charge in [0.15, 0.2) is 6.10 Å². The summed E-state index contributed by atoms with van der Waals surface area (Å²) in [6, 6.07) is 12.7. The summed E-state index contributed by atoms with van der Waals surface area (Å²) >= 11 is 5.90. The molecule has 1 aromatic heterocycles. The van der Waals surface area contributed by atoms with Crippen LogP contribution in [0.5, 0.6) is 5.75 Å². The molecule has 0 spiro atoms. The molecule has 2 aromatic carbocycles. The largest absolute Gasteiger partial charge is 0.461 e. The molecule has 3 aromatic rings. The van der Waals surface area contributed by atoms with Crippen LogP contribution < -0.4 is 10.1 Å². The highest BCUT2D eigenvalue weighted by molar-refractivity contribution is 6.30. The zero-order valence-electron chi connectivity index (χ0n) is 18.6. The Labute approximate surface area is 210 Å². The SMILES string of the molecule is OC(CNC(Cc1ccccc1)(c1cc(F)cc(OC(F)(F)C(F)F)c1)c1ccc(Cl)cn1)C(F)(F)F. The van der Waals surface area contributed by atoms with Crippen molar-refractivity contribution in [2.24, 2.45) is 0 Å². The van der Waals surface area contributed by atoms with Crippen molar-refractivity contribution < 1.29 is 45.0 Å². The third-order valence-corrected chi connectivity index (χ3v) is 5.55. The maximum atomic E-state index is 14.6. The molecule has 37 heavy (non-hydrogen) atoms. The maximum absolute atomic E-state index is 14.6. The lowest BCUT2D eigenvalue weighted by Gasteiger charge is -2.37. The Morgan fingerprint density at radius 2 is 1.65 bits per heavy atom. The molecule has 0 saturated carbocycles. The van der Waals surface area contributed by atoms with Crippen molar-refractivity contribution in [1.29, 1.82) is 0 Å². The summed E-state index contributed by atoms with van der Waals surface area (Å²) in [5.41, 5.74) is -1.75. The van der Waals surface area contributed by atoms with Gasteiger partial charge in [-0.1, -0.05) is 41.9 Å². The second kappa shape index (κ2) is 11.2. The summed E-state index contributed by atoms with van der Waals surface area (Å²) in [6.45, 7) is -1.12. The van der Waals surface area contributed by atoms with Crippen molar-refractivity contribution in [2.75, 3.05) is 6.54 Å². The molecular formula is C24H19ClF8N2O2. The van der Waals surface area contributed by atoms with Crippen LogP contribution in [0.15, 0.2) is 66.9 Å². The van der Waals surface area contributed by atoms with Crippen molar-refractivity contribution in [2.45, 2.75) is 36.8 Å². The number of hydrogen-bond donors (Lipinski definition) is 2. The molecule has 0 bridgehead atoms. The van der Waals surface area contributed by atoms with Gasteiger partial charge in [-0.2, -0.15) is 30.7 Å². The fraction of sp³-hybridized carbons (Fsp3) is 0.292. The molecule has 2 atom stereocenters. The monoisotopic (exact) mass is 554 g/mol. The number of rotatable bonds is 10. The zero-order valence-corrected chi connectivity index (χ0v) is 19.4. The first-order valence-electron chi connectivity index (χ1n) is 10.5. The van der Waals surface area contributed by atoms with E-state index in [9.17, 15) is 40.2 Å². The van der Waals surface area contributed by atoms with Gasteiger partial charge in [0.1, 0.15) is 11.6 Å². The molecule has 2 N–H and O–H groups in total. The van der Waals surface area contributed by atoms with Crippen LogP contribution in [0.25, 0.3) is 0 Å². The van der Waals surface area contributed by atoms with E-state index in [2.05, 4.69) is 15.0 Å². The van der Waals surface area contributed by atoms with E-state index in [0.29, 0.717) is 11.6 Å². The molecule has 0 amide bonds. The first kappa shape index (κ1) is 28.6. The lowest BCUT2D eigenvalue weighted by atomic mass is 9.80. The van der Waals surface area contributed by atoms with E-state index >= 15 is 0 Å². The first-order chi connectivity index (χ1) is 17.2. The van der Waals surface area contributed by atoms with Gasteiger partial charge >= 0.3 is 18.7 Å². The topological polar surface area (TPSA) is 54.4 Å². The Morgan fingerprint density at radius 1 is 0.973 bits per heavy atom. The van der Waals surface area contributed by atoms with Crippen molar-refractivity contribution >= 4 is 11.6 Å². The lowest BCUT2D eigenvalue weighted by Crippen LogP contribution is -2.51. The fourth-order valence-corrected chi connectivity index (χ4v) is 3.69. The van der Waals surface area contributed by atoms with E-state index in [-0.39, 0.29) is 22.7 Å². The molecule has 0 fully saturated rings. The molecule has 2 unspecified atom stereocenters. The molecule has 3 rings (SSSR count). The molecule has 0 aliphatic carbocycles. The smallest absolute Gasteiger partial charge is 0.428 e. The number of aliphatic hydroxyl groups excluding tert-OH is 1. The van der Waals surface area contributed by atoms with Crippen LogP contribution in [-0.2, 0) is 12.0 Å². The Morgan fingerprint density at radius 3 is 2.22 bits per heavy atom. The second-order valence-electron chi connectivity index (χ2n) is 8.01. The number of halogens is 9. The Bertz CT molecular complexity index is 1180. The summed E-state index contributed by atoms with van der Waals surface area (Å²) in [5, 5.41) is 12.4. The van der Waals surface area contributed by atoms with Crippen LogP contribution in [0.1, 0.15) is 16.8 Å². The normalized spacial score (nSPS) is 14.9. The van der Waals surface area contributed by atoms with Crippen molar-refractivity contribution in [3.05, 3.63) is 94.5 Å². The summed E-state index contributed by atoms with van der Waals surface area (Å²) in [7, 11) is 0. The molecule has 200 valence electrons. The number of alkyl halides is 7. The lowest BCUT2D eigenvalue weighted by molar-refractivity contribution is -0.253. The highest BCUT2D eigenvalue weighted by Crippen LogP contribution is 2.37. The number of benzene rings is 2. The van der Waals surface area contributed by atoms with E-state index in [1.165, 1.54) is 12.1 Å². The van der Waals surface area contributed by atoms with Gasteiger partial charge in [0, 0.05) is 25.2 Å². The quantitative estimate of drug-likeness (QED) is 0.297. The van der Waals surface area contributed by atoms with Crippen LogP contribution >= 0.6 is 11.6 Å². The Balaban J connectivity index is 2.23. The third-order valence-electron chi connectivity index (χ3n) is 5.32. The molecule has 0 saturated heterocycles. The summed E-state index contributed by atoms with van der Waals surface area (Å²) < 4.78 is 111. The highest BCUT2D eigenvalue weighted by atomic mass is 35.5. The second-order valence-corrected chi connectivity index (χ2v) is 8.44. The number of aliphatic hydroxyl groups is 1. The molecule has 0 aliphatic rings. The zero-order chi connectivity index (χ0) is 27.4. The van der Waals surface area contributed by atoms with Crippen LogP contribution in [0.4, 0.5) is 35.1 Å². The van der Waals surface area contributed by atoms with Gasteiger partial charge in [-0.15, -0.1) is 0 Å². The minimum absolute atomic E-state index is 0.0349. The van der Waals surface area contributed by atoms with Gasteiger partial charge in [-0.3, -0.25) is 10.3 Å². The number of aromatic nitrogens is 1. The fourth-order valence-electron chi connectivity index (χ4n) is 3.58. The minimum atomic E-state index is -5.03. The Hall–Kier alpha value is -2.96. The summed E-state index contributed by atoms with van der Waals surface area (Å²) in [6.07, 6.45) is -16.2. The molecule has 0 radical (unpaired) electrons. The predicted octanol–water partition coefficient (Wildman–Crippen LogP) is 6.11. The number of nitrogens with one attached hydrogen (secondary N) is 1. The number of pyridine rings is 1. The van der Waals surface area contributed by atoms with Crippen LogP contribution in [0.3, 0.4) is 0 Å². The van der Waals surface area contributed by atoms with E-state index in [4.69, 9.17) is 11.6 Å². The molecule has 4 nitrogen and oxygen atoms in total. The van der Waals surface area contributed by atoms with E-state index in [0.717, 1.165) is 18.3 Å². The minimum Gasteiger partial charge on any atom is -0.428 e. The maximum Gasteiger partial charge on any atom is 0.461 e. The number of hydrogen-bond acceptors (Lipinski definition) is 4. The van der Waals surface area contributed by atoms with Gasteiger partial charge in [0.25, 0.3) is 0 Å². The van der Waals surface area contributed by atoms with Gasteiger partial charge in [-0.05, 0) is 35.4 Å². The predicted molar refractivity (Wildman–Crippen MR) is 118 cm³/mol. The van der Waals surface area contributed by atoms with Crippen molar-refractivity contribution in [1.82, 2.24) is 10.3 Å². The van der Waals surface area contributed by atoms with Gasteiger partial charge in [0.05, 0.1) is 16.3 Å². The molecule has 0 aliphatic heterocycles. The van der Waals surface area contributed by atoms with E-state index in [1.54, 1.807) is 30.3 Å². The van der Waals surface area contributed by atoms with Crippen molar-refractivity contribution in [3.63, 3.8) is 0 Å². The first-order valence-corrected chi connectivity index (χ1v) is 10.9. The average Bonchev–Trinajstić information content (AvgIpc) is 2.81. The van der Waals surface area contributed by atoms with Gasteiger partial charge < -0.3 is 9.84 Å². The molecule has 1 heterocycles. The molecular weight excluding hydrogens is 536 g/mol. The third kappa shape index (κ3) is 7.08. The van der Waals surface area contributed by atoms with E-state index in [1.807, 2.05) is 0 Å². The average molecular weight is 555 g/mol. The van der Waals surface area contributed by atoms with E-state index < -0.39 is 48.5 Å². The van der Waals surface area contributed by atoms with Crippen molar-refractivity contribution in [3.8, 4) is 5.75 Å². The number of nitrogens with zero attached hydrogens (tertiary/aromatic N) is 1. The van der Waals surface area contributed by atoms with Crippen LogP contribution in [0.2, 0.25) is 5.02 Å². The highest BCUT2D eigenvalue weighted by Gasteiger charge is 2.45. The van der Waals surface area contributed by atoms with Gasteiger partial charge in [-0.25, -0.2) is 4.39 Å². The van der Waals surface area contributed by atoms with Crippen LogP contribution in [0, 0.1) is 5.82 Å². The van der Waals surface area contributed by atoms with Gasteiger partial charge in [0.2, 0.25) is 0 Å². The molecule has 13 heteroatoms.